The van der Waals surface area contributed by atoms with Gasteiger partial charge in [0.15, 0.2) is 9.50 Å². The van der Waals surface area contributed by atoms with E-state index in [0.29, 0.717) is 5.16 Å². The van der Waals surface area contributed by atoms with Gasteiger partial charge in [0.1, 0.15) is 0 Å². The smallest absolute Gasteiger partial charge is 0.234 e. The molecule has 1 N–H and O–H groups in total. The second-order valence-electron chi connectivity index (χ2n) is 6.58. The number of anilines is 1. The summed E-state index contributed by atoms with van der Waals surface area (Å²) in [4.78, 5) is 29.9. The third kappa shape index (κ3) is 5.56. The van der Waals surface area contributed by atoms with Gasteiger partial charge in [-0.25, -0.2) is 15.0 Å². The van der Waals surface area contributed by atoms with Gasteiger partial charge in [-0.3, -0.25) is 9.78 Å². The Balaban J connectivity index is 1.36. The van der Waals surface area contributed by atoms with E-state index in [4.69, 9.17) is 0 Å². The largest absolute Gasteiger partial charge is 0.325 e. The quantitative estimate of drug-likeness (QED) is 0.307. The number of nitrogens with one attached hydrogen (secondary N) is 1. The first kappa shape index (κ1) is 20.8. The van der Waals surface area contributed by atoms with E-state index in [0.717, 1.165) is 37.4 Å². The molecule has 0 unspecified atom stereocenters. The Bertz CT molecular complexity index is 1160. The molecule has 1 amide bonds. The predicted octanol–water partition coefficient (Wildman–Crippen LogP) is 5.12. The van der Waals surface area contributed by atoms with Crippen LogP contribution in [0.15, 0.2) is 58.3 Å². The Hall–Kier alpha value is -2.49. The number of carbonyl (C=O) groups is 1. The second kappa shape index (κ2) is 9.55. The molecule has 4 aromatic rings. The molecule has 1 aromatic carbocycles. The highest BCUT2D eigenvalue weighted by Gasteiger charge is 2.09. The van der Waals surface area contributed by atoms with Crippen LogP contribution in [0.3, 0.4) is 0 Å². The van der Waals surface area contributed by atoms with Gasteiger partial charge in [0.2, 0.25) is 5.91 Å². The first-order valence-corrected chi connectivity index (χ1v) is 12.0. The van der Waals surface area contributed by atoms with Crippen molar-refractivity contribution in [2.45, 2.75) is 29.1 Å². The summed E-state index contributed by atoms with van der Waals surface area (Å²) in [6.07, 6.45) is 3.64. The third-order valence-corrected chi connectivity index (χ3v) is 7.11. The van der Waals surface area contributed by atoms with Gasteiger partial charge in [-0.05, 0) is 49.7 Å². The van der Waals surface area contributed by atoms with E-state index in [1.54, 1.807) is 29.3 Å². The minimum absolute atomic E-state index is 0.0854. The lowest BCUT2D eigenvalue weighted by molar-refractivity contribution is -0.113. The molecule has 0 bridgehead atoms. The fourth-order valence-electron chi connectivity index (χ4n) is 2.76. The summed E-state index contributed by atoms with van der Waals surface area (Å²) in [5, 5.41) is 3.57. The van der Waals surface area contributed by atoms with E-state index in [2.05, 4.69) is 31.3 Å². The molecule has 0 aliphatic carbocycles. The molecule has 0 fully saturated rings. The second-order valence-corrected chi connectivity index (χ2v) is 9.78. The molecule has 0 aliphatic heterocycles. The molecule has 4 rings (SSSR count). The summed E-state index contributed by atoms with van der Waals surface area (Å²) in [5.74, 6) is 1.00. The molecule has 9 heteroatoms. The Morgan fingerprint density at radius 2 is 1.90 bits per heavy atom. The maximum atomic E-state index is 12.3. The van der Waals surface area contributed by atoms with Gasteiger partial charge in [0.25, 0.3) is 0 Å². The number of aromatic nitrogens is 4. The maximum absolute atomic E-state index is 12.3. The minimum atomic E-state index is -0.0854. The number of hydrogen-bond donors (Lipinski definition) is 1. The molecule has 0 radical (unpaired) electrons. The van der Waals surface area contributed by atoms with E-state index in [1.165, 1.54) is 17.3 Å². The number of fused-ring (bicyclic) bond motifs is 1. The number of hydrogen-bond acceptors (Lipinski definition) is 8. The van der Waals surface area contributed by atoms with Crippen LogP contribution < -0.4 is 5.32 Å². The Morgan fingerprint density at radius 1 is 1.07 bits per heavy atom. The maximum Gasteiger partial charge on any atom is 0.234 e. The van der Waals surface area contributed by atoms with Crippen molar-refractivity contribution in [3.8, 4) is 0 Å². The Morgan fingerprint density at radius 3 is 2.67 bits per heavy atom. The van der Waals surface area contributed by atoms with E-state index < -0.39 is 0 Å². The number of pyridine rings is 1. The Labute approximate surface area is 187 Å². The van der Waals surface area contributed by atoms with Crippen molar-refractivity contribution in [1.82, 2.24) is 19.9 Å². The lowest BCUT2D eigenvalue weighted by Crippen LogP contribution is -2.14. The normalized spacial score (nSPS) is 11.0. The molecule has 0 saturated heterocycles. The van der Waals surface area contributed by atoms with Crippen LogP contribution in [0, 0.1) is 13.8 Å². The van der Waals surface area contributed by atoms with E-state index in [-0.39, 0.29) is 11.7 Å². The first-order valence-electron chi connectivity index (χ1n) is 9.22. The summed E-state index contributed by atoms with van der Waals surface area (Å²) in [5.41, 5.74) is 4.67. The fraction of sp³-hybridized carbons (Fsp3) is 0.190. The molecule has 3 aromatic heterocycles. The zero-order chi connectivity index (χ0) is 20.9. The molecule has 0 atom stereocenters. The van der Waals surface area contributed by atoms with Crippen molar-refractivity contribution in [2.75, 3.05) is 11.1 Å². The lowest BCUT2D eigenvalue weighted by atomic mass is 10.3. The van der Waals surface area contributed by atoms with Crippen LogP contribution in [0.5, 0.6) is 0 Å². The monoisotopic (exact) mass is 453 g/mol. The highest BCUT2D eigenvalue weighted by Crippen LogP contribution is 2.32. The highest BCUT2D eigenvalue weighted by molar-refractivity contribution is 8.00. The molecule has 0 saturated carbocycles. The van der Waals surface area contributed by atoms with Crippen LogP contribution in [0.2, 0.25) is 0 Å². The zero-order valence-corrected chi connectivity index (χ0v) is 18.9. The molecule has 6 nitrogen and oxygen atoms in total. The molecule has 3 heterocycles. The molecule has 0 spiro atoms. The predicted molar refractivity (Wildman–Crippen MR) is 124 cm³/mol. The molecular formula is C21H19N5OS3. The summed E-state index contributed by atoms with van der Waals surface area (Å²) in [6.45, 7) is 3.85. The molecular weight excluding hydrogens is 434 g/mol. The number of carbonyl (C=O) groups excluding carboxylic acids is 1. The average Bonchev–Trinajstić information content (AvgIpc) is 3.13. The van der Waals surface area contributed by atoms with Crippen LogP contribution in [0.4, 0.5) is 5.69 Å². The molecule has 152 valence electrons. The number of benzene rings is 1. The van der Waals surface area contributed by atoms with Gasteiger partial charge in [-0.2, -0.15) is 0 Å². The summed E-state index contributed by atoms with van der Waals surface area (Å²) < 4.78 is 2.05. The topological polar surface area (TPSA) is 80.7 Å². The van der Waals surface area contributed by atoms with E-state index in [9.17, 15) is 4.79 Å². The van der Waals surface area contributed by atoms with Crippen LogP contribution >= 0.6 is 34.9 Å². The van der Waals surface area contributed by atoms with Gasteiger partial charge >= 0.3 is 0 Å². The van der Waals surface area contributed by atoms with Crippen molar-refractivity contribution in [3.05, 3.63) is 65.7 Å². The van der Waals surface area contributed by atoms with Crippen molar-refractivity contribution in [1.29, 1.82) is 0 Å². The summed E-state index contributed by atoms with van der Waals surface area (Å²) in [7, 11) is 0. The van der Waals surface area contributed by atoms with Gasteiger partial charge < -0.3 is 5.32 Å². The Kier molecular flexibility index (Phi) is 6.61. The van der Waals surface area contributed by atoms with Crippen molar-refractivity contribution < 1.29 is 4.79 Å². The zero-order valence-electron chi connectivity index (χ0n) is 16.5. The van der Waals surface area contributed by atoms with E-state index in [1.807, 2.05) is 50.4 Å². The number of thiazole rings is 1. The number of thioether (sulfide) groups is 2. The fourth-order valence-corrected chi connectivity index (χ4v) is 5.55. The van der Waals surface area contributed by atoms with Crippen molar-refractivity contribution >= 4 is 56.7 Å². The number of amides is 1. The van der Waals surface area contributed by atoms with E-state index >= 15 is 0 Å². The third-order valence-electron chi connectivity index (χ3n) is 4.03. The summed E-state index contributed by atoms with van der Waals surface area (Å²) >= 11 is 4.65. The highest BCUT2D eigenvalue weighted by atomic mass is 32.2. The van der Waals surface area contributed by atoms with Gasteiger partial charge in [0, 0.05) is 35.2 Å². The number of rotatable bonds is 7. The molecule has 0 aliphatic rings. The number of aryl methyl sites for hydroxylation is 2. The van der Waals surface area contributed by atoms with Gasteiger partial charge in [-0.15, -0.1) is 11.3 Å². The molecule has 30 heavy (non-hydrogen) atoms. The van der Waals surface area contributed by atoms with Gasteiger partial charge in [0.05, 0.1) is 16.0 Å². The van der Waals surface area contributed by atoms with Crippen LogP contribution in [-0.2, 0) is 10.5 Å². The van der Waals surface area contributed by atoms with Gasteiger partial charge in [-0.1, -0.05) is 29.6 Å². The SMILES string of the molecule is Cc1cc(C)nc(SCC(=O)Nc2ccc3nc(SCc4cccnc4)sc3c2)n1. The lowest BCUT2D eigenvalue weighted by Gasteiger charge is -2.05. The van der Waals surface area contributed by atoms with Crippen molar-refractivity contribution in [2.24, 2.45) is 0 Å². The standard InChI is InChI=1S/C21H19N5OS3/c1-13-8-14(2)24-20(23-13)28-12-19(27)25-16-5-6-17-18(9-16)30-21(26-17)29-11-15-4-3-7-22-10-15/h3-10H,11-12H2,1-2H3,(H,25,27). The van der Waals surface area contributed by atoms with Crippen LogP contribution in [0.1, 0.15) is 17.0 Å². The minimum Gasteiger partial charge on any atom is -0.325 e. The number of nitrogens with zero attached hydrogens (tertiary/aromatic N) is 4. The van der Waals surface area contributed by atoms with Crippen LogP contribution in [-0.4, -0.2) is 31.6 Å². The first-order chi connectivity index (χ1) is 14.5. The average molecular weight is 454 g/mol. The summed E-state index contributed by atoms with van der Waals surface area (Å²) in [6, 6.07) is 11.7. The van der Waals surface area contributed by atoms with Crippen molar-refractivity contribution in [3.63, 3.8) is 0 Å². The van der Waals surface area contributed by atoms with Crippen LogP contribution in [0.25, 0.3) is 10.2 Å².